The average molecular weight is 291 g/mol. The van der Waals surface area contributed by atoms with Crippen molar-refractivity contribution in [3.63, 3.8) is 0 Å². The largest absolute Gasteiger partial charge is 0.268 e. The Morgan fingerprint density at radius 2 is 1.64 bits per heavy atom. The molecule has 0 radical (unpaired) electrons. The van der Waals surface area contributed by atoms with Gasteiger partial charge in [0, 0.05) is 0 Å². The molecule has 1 aromatic carbocycles. The highest BCUT2D eigenvalue weighted by Crippen LogP contribution is 2.37. The number of carbonyl (C=O) groups is 2. The van der Waals surface area contributed by atoms with Gasteiger partial charge in [0.25, 0.3) is 11.8 Å². The van der Waals surface area contributed by atoms with Crippen LogP contribution in [0.1, 0.15) is 40.0 Å². The number of nitrogens with zero attached hydrogens (tertiary/aromatic N) is 1. The Bertz CT molecular complexity index is 717. The predicted molar refractivity (Wildman–Crippen MR) is 86.3 cm³/mol. The van der Waals surface area contributed by atoms with Crippen LogP contribution in [0.3, 0.4) is 0 Å². The van der Waals surface area contributed by atoms with Crippen LogP contribution in [-0.2, 0) is 0 Å². The lowest BCUT2D eigenvalue weighted by Gasteiger charge is -2.27. The lowest BCUT2D eigenvalue weighted by molar-refractivity contribution is 0.0704. The van der Waals surface area contributed by atoms with Crippen molar-refractivity contribution in [3.05, 3.63) is 83.6 Å². The molecule has 1 heterocycles. The van der Waals surface area contributed by atoms with Gasteiger partial charge in [0.1, 0.15) is 0 Å². The zero-order chi connectivity index (χ0) is 15.7. The highest BCUT2D eigenvalue weighted by molar-refractivity contribution is 6.22. The first-order chi connectivity index (χ1) is 10.7. The third-order valence-corrected chi connectivity index (χ3v) is 4.08. The van der Waals surface area contributed by atoms with Crippen molar-refractivity contribution >= 4 is 11.8 Å². The molecule has 1 aromatic rings. The van der Waals surface area contributed by atoms with Gasteiger partial charge in [-0.3, -0.25) is 9.59 Å². The quantitative estimate of drug-likeness (QED) is 0.789. The molecule has 0 saturated heterocycles. The number of hydrogen-bond donors (Lipinski definition) is 0. The number of allylic oxidation sites excluding steroid dienone is 5. The monoisotopic (exact) mass is 291 g/mol. The number of rotatable bonds is 3. The van der Waals surface area contributed by atoms with E-state index in [1.165, 1.54) is 4.90 Å². The molecule has 0 N–H and O–H groups in total. The van der Waals surface area contributed by atoms with E-state index >= 15 is 0 Å². The standard InChI is InChI=1S/C19H17NO2/c1-3-8-14-10-7-9-13(4-2)17(14)20-18(21)15-11-5-6-12-16(15)19(20)22/h3-6,8,11-12H,1-2,7,9-10H2/b14-8+. The fraction of sp³-hybridized carbons (Fsp3) is 0.158. The average Bonchev–Trinajstić information content (AvgIpc) is 2.80. The Morgan fingerprint density at radius 3 is 2.18 bits per heavy atom. The van der Waals surface area contributed by atoms with Crippen molar-refractivity contribution in [1.82, 2.24) is 4.90 Å². The topological polar surface area (TPSA) is 37.4 Å². The highest BCUT2D eigenvalue weighted by atomic mass is 16.2. The van der Waals surface area contributed by atoms with E-state index in [0.717, 1.165) is 30.4 Å². The Balaban J connectivity index is 2.17. The van der Waals surface area contributed by atoms with Gasteiger partial charge in [-0.05, 0) is 42.5 Å². The summed E-state index contributed by atoms with van der Waals surface area (Å²) in [5.41, 5.74) is 3.52. The van der Waals surface area contributed by atoms with E-state index in [2.05, 4.69) is 13.2 Å². The van der Waals surface area contributed by atoms with Gasteiger partial charge in [-0.2, -0.15) is 0 Å². The number of imide groups is 1. The summed E-state index contributed by atoms with van der Waals surface area (Å²) in [5, 5.41) is 0. The van der Waals surface area contributed by atoms with Crippen LogP contribution in [0.15, 0.2) is 72.5 Å². The minimum atomic E-state index is -0.258. The van der Waals surface area contributed by atoms with E-state index in [0.29, 0.717) is 16.8 Å². The van der Waals surface area contributed by atoms with Crippen LogP contribution in [-0.4, -0.2) is 16.7 Å². The molecule has 0 fully saturated rings. The van der Waals surface area contributed by atoms with Crippen LogP contribution in [0.2, 0.25) is 0 Å². The second kappa shape index (κ2) is 5.60. The molecular formula is C19H17NO2. The number of hydrogen-bond acceptors (Lipinski definition) is 2. The van der Waals surface area contributed by atoms with Crippen LogP contribution in [0.25, 0.3) is 0 Å². The molecule has 2 aliphatic rings. The predicted octanol–water partition coefficient (Wildman–Crippen LogP) is 4.02. The molecule has 3 nitrogen and oxygen atoms in total. The Kier molecular flexibility index (Phi) is 3.63. The second-order valence-corrected chi connectivity index (χ2v) is 5.35. The minimum Gasteiger partial charge on any atom is -0.268 e. The third-order valence-electron chi connectivity index (χ3n) is 4.08. The zero-order valence-corrected chi connectivity index (χ0v) is 12.3. The van der Waals surface area contributed by atoms with Crippen LogP contribution >= 0.6 is 0 Å². The SMILES string of the molecule is C=C/C=C1\CCCC(C=C)=C1N1C(=O)c2ccccc2C1=O. The second-order valence-electron chi connectivity index (χ2n) is 5.35. The van der Waals surface area contributed by atoms with Gasteiger partial charge in [-0.25, -0.2) is 4.90 Å². The molecule has 1 aliphatic heterocycles. The first kappa shape index (κ1) is 14.3. The smallest absolute Gasteiger partial charge is 0.266 e. The van der Waals surface area contributed by atoms with Gasteiger partial charge in [-0.1, -0.05) is 43.5 Å². The first-order valence-corrected chi connectivity index (χ1v) is 7.34. The summed E-state index contributed by atoms with van der Waals surface area (Å²) < 4.78 is 0. The third kappa shape index (κ3) is 2.06. The van der Waals surface area contributed by atoms with E-state index in [-0.39, 0.29) is 11.8 Å². The highest BCUT2D eigenvalue weighted by Gasteiger charge is 2.39. The van der Waals surface area contributed by atoms with Gasteiger partial charge in [0.2, 0.25) is 0 Å². The van der Waals surface area contributed by atoms with E-state index in [1.807, 2.05) is 6.08 Å². The van der Waals surface area contributed by atoms with Crippen LogP contribution in [0, 0.1) is 0 Å². The maximum atomic E-state index is 12.7. The molecular weight excluding hydrogens is 274 g/mol. The van der Waals surface area contributed by atoms with Crippen LogP contribution < -0.4 is 0 Å². The molecule has 0 aromatic heterocycles. The van der Waals surface area contributed by atoms with Gasteiger partial charge in [0.05, 0.1) is 16.8 Å². The van der Waals surface area contributed by atoms with Gasteiger partial charge >= 0.3 is 0 Å². The molecule has 0 bridgehead atoms. The fourth-order valence-electron chi connectivity index (χ4n) is 3.10. The summed E-state index contributed by atoms with van der Waals surface area (Å²) in [7, 11) is 0. The van der Waals surface area contributed by atoms with E-state index in [9.17, 15) is 9.59 Å². The van der Waals surface area contributed by atoms with Gasteiger partial charge < -0.3 is 0 Å². The summed E-state index contributed by atoms with van der Waals surface area (Å²) >= 11 is 0. The summed E-state index contributed by atoms with van der Waals surface area (Å²) in [6.45, 7) is 7.57. The normalized spacial score (nSPS) is 19.6. The maximum absolute atomic E-state index is 12.7. The fourth-order valence-corrected chi connectivity index (χ4v) is 3.10. The first-order valence-electron chi connectivity index (χ1n) is 7.34. The van der Waals surface area contributed by atoms with Crippen LogP contribution in [0.5, 0.6) is 0 Å². The molecule has 110 valence electrons. The Hall–Kier alpha value is -2.68. The van der Waals surface area contributed by atoms with Gasteiger partial charge in [0.15, 0.2) is 0 Å². The summed E-state index contributed by atoms with van der Waals surface area (Å²) in [4.78, 5) is 26.7. The molecule has 0 saturated carbocycles. The lowest BCUT2D eigenvalue weighted by atomic mass is 9.90. The summed E-state index contributed by atoms with van der Waals surface area (Å²) in [5.74, 6) is -0.515. The van der Waals surface area contributed by atoms with Crippen molar-refractivity contribution in [3.8, 4) is 0 Å². The summed E-state index contributed by atoms with van der Waals surface area (Å²) in [6, 6.07) is 6.95. The molecule has 0 unspecified atom stereocenters. The molecule has 22 heavy (non-hydrogen) atoms. The molecule has 0 atom stereocenters. The molecule has 3 rings (SSSR count). The molecule has 1 aliphatic carbocycles. The lowest BCUT2D eigenvalue weighted by Crippen LogP contribution is -2.32. The Labute approximate surface area is 129 Å². The number of carbonyl (C=O) groups excluding carboxylic acids is 2. The number of fused-ring (bicyclic) bond motifs is 1. The Morgan fingerprint density at radius 1 is 1.00 bits per heavy atom. The van der Waals surface area contributed by atoms with Crippen molar-refractivity contribution in [2.24, 2.45) is 0 Å². The van der Waals surface area contributed by atoms with Gasteiger partial charge in [-0.15, -0.1) is 0 Å². The van der Waals surface area contributed by atoms with E-state index in [1.54, 1.807) is 36.4 Å². The van der Waals surface area contributed by atoms with E-state index < -0.39 is 0 Å². The van der Waals surface area contributed by atoms with Crippen LogP contribution in [0.4, 0.5) is 0 Å². The summed E-state index contributed by atoms with van der Waals surface area (Å²) in [6.07, 6.45) is 7.94. The molecule has 2 amide bonds. The minimum absolute atomic E-state index is 0.258. The number of amides is 2. The van der Waals surface area contributed by atoms with Crippen molar-refractivity contribution in [2.45, 2.75) is 19.3 Å². The van der Waals surface area contributed by atoms with Crippen molar-refractivity contribution in [1.29, 1.82) is 0 Å². The number of benzene rings is 1. The zero-order valence-electron chi connectivity index (χ0n) is 12.3. The van der Waals surface area contributed by atoms with Crippen molar-refractivity contribution in [2.75, 3.05) is 0 Å². The van der Waals surface area contributed by atoms with E-state index in [4.69, 9.17) is 0 Å². The molecule has 0 spiro atoms. The maximum Gasteiger partial charge on any atom is 0.266 e. The van der Waals surface area contributed by atoms with Crippen molar-refractivity contribution < 1.29 is 9.59 Å². The molecule has 3 heteroatoms.